The fraction of sp³-hybridized carbons (Fsp3) is 0.529. The summed E-state index contributed by atoms with van der Waals surface area (Å²) >= 11 is 0. The quantitative estimate of drug-likeness (QED) is 0.508. The van der Waals surface area contributed by atoms with Crippen LogP contribution in [0.3, 0.4) is 0 Å². The monoisotopic (exact) mass is 253 g/mol. The molecule has 0 fully saturated rings. The highest BCUT2D eigenvalue weighted by Crippen LogP contribution is 2.13. The third-order valence-corrected chi connectivity index (χ3v) is 1.25. The Hall–Kier alpha value is -1.08. The average Bonchev–Trinajstić information content (AvgIpc) is 2.33. The Morgan fingerprint density at radius 3 is 1.56 bits per heavy atom. The maximum Gasteiger partial charge on any atom is 0.0138 e. The van der Waals surface area contributed by atoms with Crippen molar-refractivity contribution in [3.63, 3.8) is 0 Å². The zero-order chi connectivity index (χ0) is 15.6. The minimum Gasteiger partial charge on any atom is -0.325 e. The molecule has 0 aromatic carbocycles. The van der Waals surface area contributed by atoms with Crippen molar-refractivity contribution in [3.05, 3.63) is 49.6 Å². The van der Waals surface area contributed by atoms with E-state index in [1.807, 2.05) is 60.6 Å². The first-order valence-electron chi connectivity index (χ1n) is 6.71. The van der Waals surface area contributed by atoms with Crippen LogP contribution in [0.25, 0.3) is 0 Å². The van der Waals surface area contributed by atoms with Gasteiger partial charge in [-0.15, -0.1) is 6.58 Å². The lowest BCUT2D eigenvalue weighted by molar-refractivity contribution is 0.519. The summed E-state index contributed by atoms with van der Waals surface area (Å²) in [5.41, 5.74) is 6.79. The van der Waals surface area contributed by atoms with Crippen molar-refractivity contribution in [1.29, 1.82) is 0 Å². The van der Waals surface area contributed by atoms with Gasteiger partial charge in [0.05, 0.1) is 0 Å². The van der Waals surface area contributed by atoms with E-state index in [0.717, 1.165) is 12.0 Å². The Labute approximate surface area is 116 Å². The van der Waals surface area contributed by atoms with Gasteiger partial charge in [0.1, 0.15) is 0 Å². The van der Waals surface area contributed by atoms with Crippen LogP contribution in [0.15, 0.2) is 49.6 Å². The molecule has 0 atom stereocenters. The third-order valence-electron chi connectivity index (χ3n) is 1.25. The minimum absolute atomic E-state index is 0.164. The van der Waals surface area contributed by atoms with Crippen molar-refractivity contribution in [1.82, 2.24) is 0 Å². The Bertz CT molecular complexity index is 204. The summed E-state index contributed by atoms with van der Waals surface area (Å²) < 4.78 is 0. The van der Waals surface area contributed by atoms with E-state index in [2.05, 4.69) is 19.7 Å². The molecular weight excluding hydrogens is 218 g/mol. The number of hydrogen-bond acceptors (Lipinski definition) is 1. The molecule has 2 N–H and O–H groups in total. The van der Waals surface area contributed by atoms with E-state index in [4.69, 9.17) is 5.73 Å². The molecule has 0 aliphatic carbocycles. The zero-order valence-corrected chi connectivity index (χ0v) is 13.7. The van der Waals surface area contributed by atoms with Gasteiger partial charge < -0.3 is 5.73 Å². The molecule has 0 rings (SSSR count). The third kappa shape index (κ3) is 36.3. The molecule has 0 saturated carbocycles. The molecule has 108 valence electrons. The van der Waals surface area contributed by atoms with Gasteiger partial charge in [0.15, 0.2) is 0 Å². The summed E-state index contributed by atoms with van der Waals surface area (Å²) in [4.78, 5) is 0. The standard InChI is InChI=1S/C10H17N.C3H6.2C2H6/c1-5-7-9(6-2)8-10(3,4)11;1-3-2;2*1-2/h5-7H,1-2,8,11H2,3-4H3;3H,1H2,2H3;2*1-2H3/b9-7+;;;. The van der Waals surface area contributed by atoms with Crippen molar-refractivity contribution >= 4 is 0 Å². The van der Waals surface area contributed by atoms with E-state index in [0.29, 0.717) is 0 Å². The predicted octanol–water partition coefficient (Wildman–Crippen LogP) is 5.66. The maximum absolute atomic E-state index is 5.82. The van der Waals surface area contributed by atoms with Gasteiger partial charge in [0.25, 0.3) is 0 Å². The van der Waals surface area contributed by atoms with Gasteiger partial charge in [-0.05, 0) is 32.8 Å². The first-order valence-corrected chi connectivity index (χ1v) is 6.71. The second kappa shape index (κ2) is 21.2. The number of nitrogens with two attached hydrogens (primary N) is 1. The van der Waals surface area contributed by atoms with Gasteiger partial charge in [-0.25, -0.2) is 0 Å². The summed E-state index contributed by atoms with van der Waals surface area (Å²) in [7, 11) is 0. The van der Waals surface area contributed by atoms with Gasteiger partial charge in [0, 0.05) is 5.54 Å². The average molecular weight is 253 g/mol. The fourth-order valence-electron chi connectivity index (χ4n) is 0.877. The predicted molar refractivity (Wildman–Crippen MR) is 89.9 cm³/mol. The zero-order valence-electron chi connectivity index (χ0n) is 13.7. The van der Waals surface area contributed by atoms with E-state index >= 15 is 0 Å². The summed E-state index contributed by atoms with van der Waals surface area (Å²) in [6, 6.07) is 0. The van der Waals surface area contributed by atoms with Crippen LogP contribution in [0.1, 0.15) is 54.9 Å². The smallest absolute Gasteiger partial charge is 0.0138 e. The normalized spacial score (nSPS) is 9.22. The molecular formula is C17H35N. The van der Waals surface area contributed by atoms with E-state index in [1.54, 1.807) is 12.2 Å². The molecule has 0 heterocycles. The molecule has 18 heavy (non-hydrogen) atoms. The topological polar surface area (TPSA) is 26.0 Å². The molecule has 0 aromatic rings. The largest absolute Gasteiger partial charge is 0.325 e. The van der Waals surface area contributed by atoms with Crippen LogP contribution in [-0.4, -0.2) is 5.54 Å². The summed E-state index contributed by atoms with van der Waals surface area (Å²) in [6.45, 7) is 24.5. The Morgan fingerprint density at radius 2 is 1.39 bits per heavy atom. The summed E-state index contributed by atoms with van der Waals surface area (Å²) in [6.07, 6.45) is 8.09. The van der Waals surface area contributed by atoms with Crippen LogP contribution in [-0.2, 0) is 0 Å². The second-order valence-corrected chi connectivity index (χ2v) is 3.76. The molecule has 0 aromatic heterocycles. The van der Waals surface area contributed by atoms with Gasteiger partial charge in [-0.3, -0.25) is 0 Å². The number of allylic oxidation sites excluding steroid dienone is 4. The van der Waals surface area contributed by atoms with Crippen molar-refractivity contribution in [2.45, 2.75) is 60.4 Å². The highest BCUT2D eigenvalue weighted by Gasteiger charge is 2.10. The van der Waals surface area contributed by atoms with Crippen molar-refractivity contribution in [2.24, 2.45) is 5.73 Å². The molecule has 0 saturated heterocycles. The first-order chi connectivity index (χ1) is 8.41. The fourth-order valence-corrected chi connectivity index (χ4v) is 0.877. The second-order valence-electron chi connectivity index (χ2n) is 3.76. The van der Waals surface area contributed by atoms with Gasteiger partial charge >= 0.3 is 0 Å². The van der Waals surface area contributed by atoms with Gasteiger partial charge in [-0.1, -0.05) is 65.2 Å². The summed E-state index contributed by atoms with van der Waals surface area (Å²) in [5.74, 6) is 0. The van der Waals surface area contributed by atoms with Crippen LogP contribution in [0, 0.1) is 0 Å². The lowest BCUT2D eigenvalue weighted by atomic mass is 9.96. The molecule has 1 nitrogen and oxygen atoms in total. The van der Waals surface area contributed by atoms with Crippen LogP contribution >= 0.6 is 0 Å². The molecule has 0 spiro atoms. The van der Waals surface area contributed by atoms with E-state index < -0.39 is 0 Å². The molecule has 0 bridgehead atoms. The van der Waals surface area contributed by atoms with Crippen molar-refractivity contribution < 1.29 is 0 Å². The van der Waals surface area contributed by atoms with Gasteiger partial charge in [-0.2, -0.15) is 0 Å². The molecule has 1 heteroatoms. The van der Waals surface area contributed by atoms with Crippen LogP contribution in [0.4, 0.5) is 0 Å². The highest BCUT2D eigenvalue weighted by atomic mass is 14.7. The molecule has 0 unspecified atom stereocenters. The Morgan fingerprint density at radius 1 is 1.06 bits per heavy atom. The lowest BCUT2D eigenvalue weighted by Crippen LogP contribution is -2.31. The molecule has 0 amide bonds. The Balaban J connectivity index is -0.000000118. The Kier molecular flexibility index (Phi) is 30.3. The van der Waals surface area contributed by atoms with E-state index in [9.17, 15) is 0 Å². The molecule has 0 radical (unpaired) electrons. The maximum atomic E-state index is 5.82. The van der Waals surface area contributed by atoms with E-state index in [1.165, 1.54) is 0 Å². The van der Waals surface area contributed by atoms with Crippen molar-refractivity contribution in [2.75, 3.05) is 0 Å². The first kappa shape index (κ1) is 25.7. The number of hydrogen-bond donors (Lipinski definition) is 1. The van der Waals surface area contributed by atoms with Crippen LogP contribution in [0.2, 0.25) is 0 Å². The van der Waals surface area contributed by atoms with Crippen LogP contribution < -0.4 is 5.73 Å². The van der Waals surface area contributed by atoms with Crippen LogP contribution in [0.5, 0.6) is 0 Å². The number of rotatable bonds is 4. The van der Waals surface area contributed by atoms with Gasteiger partial charge in [0.2, 0.25) is 0 Å². The van der Waals surface area contributed by atoms with Crippen molar-refractivity contribution in [3.8, 4) is 0 Å². The lowest BCUT2D eigenvalue weighted by Gasteiger charge is -2.18. The highest BCUT2D eigenvalue weighted by molar-refractivity contribution is 5.22. The SMILES string of the molecule is C=C/C=C(\C=C)CC(C)(C)N.C=CC.CC.CC. The minimum atomic E-state index is -0.164. The van der Waals surface area contributed by atoms with E-state index in [-0.39, 0.29) is 5.54 Å². The molecule has 0 aliphatic rings. The molecule has 0 aliphatic heterocycles. The summed E-state index contributed by atoms with van der Waals surface area (Å²) in [5, 5.41) is 0.